The van der Waals surface area contributed by atoms with Crippen LogP contribution in [0.5, 0.6) is 0 Å². The van der Waals surface area contributed by atoms with Crippen LogP contribution in [0.2, 0.25) is 0 Å². The molecule has 5 atom stereocenters. The lowest BCUT2D eigenvalue weighted by molar-refractivity contribution is -0.0410. The Hall–Kier alpha value is -1.60. The first-order valence-corrected chi connectivity index (χ1v) is 8.38. The number of rotatable bonds is 7. The van der Waals surface area contributed by atoms with Gasteiger partial charge < -0.3 is 19.3 Å². The van der Waals surface area contributed by atoms with Crippen LogP contribution in [-0.2, 0) is 9.26 Å². The second-order valence-corrected chi connectivity index (χ2v) is 6.24. The van der Waals surface area contributed by atoms with Gasteiger partial charge in [0.15, 0.2) is 0 Å². The third-order valence-electron chi connectivity index (χ3n) is 3.37. The number of ether oxygens (including phenoxy) is 1. The first-order valence-electron chi connectivity index (χ1n) is 7.75. The number of aromatic amines is 1. The van der Waals surface area contributed by atoms with Crippen LogP contribution in [0.15, 0.2) is 15.8 Å². The van der Waals surface area contributed by atoms with Crippen molar-refractivity contribution in [3.8, 4) is 6.07 Å². The third-order valence-corrected chi connectivity index (χ3v) is 4.19. The van der Waals surface area contributed by atoms with Crippen molar-refractivity contribution < 1.29 is 20.6 Å². The highest BCUT2D eigenvalue weighted by molar-refractivity contribution is 7.43. The molecule has 10 nitrogen and oxygen atoms in total. The molecule has 0 amide bonds. The lowest BCUT2D eigenvalue weighted by Crippen LogP contribution is -2.33. The molecule has 1 aromatic rings. The molecule has 0 aromatic carbocycles. The molecular formula is C13H19N4O6P. The van der Waals surface area contributed by atoms with E-state index in [1.807, 2.05) is 6.07 Å². The Kier molecular flexibility index (Phi) is 6.09. The van der Waals surface area contributed by atoms with E-state index in [1.54, 1.807) is 0 Å². The van der Waals surface area contributed by atoms with Crippen molar-refractivity contribution in [2.24, 2.45) is 0 Å². The molecule has 4 N–H and O–H groups in total. The van der Waals surface area contributed by atoms with E-state index in [2.05, 4.69) is 10.1 Å². The monoisotopic (exact) mass is 359 g/mol. The maximum atomic E-state index is 11.9. The summed E-state index contributed by atoms with van der Waals surface area (Å²) in [6, 6.07) is 1.89. The molecule has 24 heavy (non-hydrogen) atoms. The molecule has 1 saturated heterocycles. The van der Waals surface area contributed by atoms with Gasteiger partial charge in [-0.3, -0.25) is 14.3 Å². The zero-order chi connectivity index (χ0) is 18.6. The molecule has 1 aliphatic heterocycles. The molecule has 2 heterocycles. The Morgan fingerprint density at radius 1 is 1.71 bits per heavy atom. The fourth-order valence-electron chi connectivity index (χ4n) is 2.13. The summed E-state index contributed by atoms with van der Waals surface area (Å²) >= 11 is 0. The normalized spacial score (nSPS) is 26.6. The van der Waals surface area contributed by atoms with Gasteiger partial charge in [-0.15, -0.1) is 0 Å². The number of aromatic nitrogens is 2. The number of aliphatic hydroxyl groups excluding tert-OH is 1. The molecule has 1 aromatic heterocycles. The molecule has 2 rings (SSSR count). The van der Waals surface area contributed by atoms with Crippen molar-refractivity contribution in [3.63, 3.8) is 0 Å². The molecule has 1 aliphatic rings. The Morgan fingerprint density at radius 2 is 2.46 bits per heavy atom. The van der Waals surface area contributed by atoms with Crippen molar-refractivity contribution in [2.45, 2.75) is 38.2 Å². The van der Waals surface area contributed by atoms with Crippen LogP contribution < -0.4 is 16.3 Å². The van der Waals surface area contributed by atoms with E-state index in [-0.39, 0.29) is 19.4 Å². The average Bonchev–Trinajstić information content (AvgIpc) is 2.93. The molecule has 11 heteroatoms. The van der Waals surface area contributed by atoms with Crippen molar-refractivity contribution >= 4 is 8.53 Å². The lowest BCUT2D eigenvalue weighted by Gasteiger charge is -2.18. The number of nitriles is 1. The second kappa shape index (κ2) is 8.48. The van der Waals surface area contributed by atoms with Crippen LogP contribution in [0.3, 0.4) is 0 Å². The SMILES string of the molecule is [2H]C(OP(O)NCCC#N)[C@H]1O[C@@H](n2cc(C)c(=O)[nH]c2=O)C[C@@H]1O. The number of hydrogen-bond acceptors (Lipinski definition) is 8. The highest BCUT2D eigenvalue weighted by Gasteiger charge is 2.36. The second-order valence-electron chi connectivity index (χ2n) is 5.17. The van der Waals surface area contributed by atoms with Crippen LogP contribution in [0.1, 0.15) is 26.0 Å². The topological polar surface area (TPSA) is 150 Å². The Morgan fingerprint density at radius 3 is 3.17 bits per heavy atom. The van der Waals surface area contributed by atoms with Gasteiger partial charge in [-0.25, -0.2) is 9.88 Å². The predicted molar refractivity (Wildman–Crippen MR) is 83.9 cm³/mol. The smallest absolute Gasteiger partial charge is 0.330 e. The van der Waals surface area contributed by atoms with Crippen LogP contribution in [0, 0.1) is 18.3 Å². The highest BCUT2D eigenvalue weighted by Crippen LogP contribution is 2.32. The average molecular weight is 359 g/mol. The number of nitrogens with zero attached hydrogens (tertiary/aromatic N) is 2. The third kappa shape index (κ3) is 4.70. The van der Waals surface area contributed by atoms with Gasteiger partial charge in [0.2, 0.25) is 0 Å². The first kappa shape index (κ1) is 17.2. The summed E-state index contributed by atoms with van der Waals surface area (Å²) in [5.41, 5.74) is -0.883. The van der Waals surface area contributed by atoms with Crippen LogP contribution in [0.25, 0.3) is 0 Å². The molecule has 0 radical (unpaired) electrons. The molecule has 1 fully saturated rings. The molecule has 0 aliphatic carbocycles. The maximum Gasteiger partial charge on any atom is 0.330 e. The fourth-order valence-corrected chi connectivity index (χ4v) is 2.75. The van der Waals surface area contributed by atoms with Gasteiger partial charge in [0.1, 0.15) is 12.3 Å². The molecule has 2 unspecified atom stereocenters. The Bertz CT molecular complexity index is 749. The number of aryl methyl sites for hydroxylation is 1. The molecule has 132 valence electrons. The van der Waals surface area contributed by atoms with Crippen molar-refractivity contribution in [1.29, 1.82) is 5.26 Å². The number of hydrogen-bond donors (Lipinski definition) is 4. The van der Waals surface area contributed by atoms with Crippen molar-refractivity contribution in [2.75, 3.05) is 13.1 Å². The van der Waals surface area contributed by atoms with E-state index in [0.29, 0.717) is 5.56 Å². The van der Waals surface area contributed by atoms with Crippen molar-refractivity contribution in [1.82, 2.24) is 14.6 Å². The standard InChI is InChI=1S/C13H19N4O6P/c1-8-6-17(13(20)16-12(8)19)11-5-9(18)10(23-11)7-22-24(21)15-4-2-3-14/h6,9-11,15,18,21H,2,4-5,7H2,1H3,(H,16,19,20)/t9-,10+,11+,24?/m0/s1/i7D/t7?,9-,10+,11+,24?. The van der Waals surface area contributed by atoms with Crippen LogP contribution >= 0.6 is 8.53 Å². The van der Waals surface area contributed by atoms with Gasteiger partial charge in [-0.1, -0.05) is 0 Å². The summed E-state index contributed by atoms with van der Waals surface area (Å²) < 4.78 is 19.6. The largest absolute Gasteiger partial charge is 0.390 e. The van der Waals surface area contributed by atoms with Gasteiger partial charge in [-0.2, -0.15) is 5.26 Å². The molecule has 0 bridgehead atoms. The minimum absolute atomic E-state index is 0.0278. The first-order chi connectivity index (χ1) is 11.8. The van der Waals surface area contributed by atoms with Gasteiger partial charge in [0, 0.05) is 31.1 Å². The van der Waals surface area contributed by atoms with Gasteiger partial charge in [0.05, 0.1) is 20.1 Å². The van der Waals surface area contributed by atoms with Gasteiger partial charge >= 0.3 is 5.69 Å². The Labute approximate surface area is 140 Å². The van der Waals surface area contributed by atoms with Gasteiger partial charge in [-0.05, 0) is 6.92 Å². The summed E-state index contributed by atoms with van der Waals surface area (Å²) in [5.74, 6) is 0. The van der Waals surface area contributed by atoms with E-state index < -0.39 is 44.8 Å². The summed E-state index contributed by atoms with van der Waals surface area (Å²) in [6.07, 6.45) is -1.52. The van der Waals surface area contributed by atoms with Gasteiger partial charge in [0.25, 0.3) is 14.1 Å². The summed E-state index contributed by atoms with van der Waals surface area (Å²) in [7, 11) is -2.15. The number of nitrogens with one attached hydrogen (secondary N) is 2. The van der Waals surface area contributed by atoms with E-state index in [1.165, 1.54) is 13.1 Å². The quantitative estimate of drug-likeness (QED) is 0.366. The number of H-pyrrole nitrogens is 1. The summed E-state index contributed by atoms with van der Waals surface area (Å²) in [6.45, 7) is 0.332. The summed E-state index contributed by atoms with van der Waals surface area (Å²) in [4.78, 5) is 35.1. The minimum Gasteiger partial charge on any atom is -0.390 e. The molecular weight excluding hydrogens is 339 g/mol. The predicted octanol–water partition coefficient (Wildman–Crippen LogP) is -0.768. The van der Waals surface area contributed by atoms with E-state index in [4.69, 9.17) is 15.9 Å². The van der Waals surface area contributed by atoms with E-state index in [9.17, 15) is 19.6 Å². The van der Waals surface area contributed by atoms with E-state index >= 15 is 0 Å². The minimum atomic E-state index is -2.15. The van der Waals surface area contributed by atoms with Crippen molar-refractivity contribution in [3.05, 3.63) is 32.6 Å². The van der Waals surface area contributed by atoms with E-state index in [0.717, 1.165) is 4.57 Å². The number of aliphatic hydroxyl groups is 1. The van der Waals surface area contributed by atoms with Crippen LogP contribution in [0.4, 0.5) is 0 Å². The Balaban J connectivity index is 2.01. The molecule has 0 saturated carbocycles. The summed E-state index contributed by atoms with van der Waals surface area (Å²) in [5, 5.41) is 21.0. The zero-order valence-electron chi connectivity index (χ0n) is 13.9. The zero-order valence-corrected chi connectivity index (χ0v) is 13.8. The maximum absolute atomic E-state index is 11.9. The molecule has 0 spiro atoms. The highest BCUT2D eigenvalue weighted by atomic mass is 31.2. The fraction of sp³-hybridized carbons (Fsp3) is 0.615. The van der Waals surface area contributed by atoms with Crippen LogP contribution in [-0.4, -0.2) is 44.9 Å². The lowest BCUT2D eigenvalue weighted by atomic mass is 10.2.